The number of nitrogens with zero attached hydrogens (tertiary/aromatic N) is 4. The van der Waals surface area contributed by atoms with Gasteiger partial charge in [0.2, 0.25) is 0 Å². The van der Waals surface area contributed by atoms with E-state index >= 15 is 0 Å². The van der Waals surface area contributed by atoms with E-state index < -0.39 is 37.6 Å². The zero-order valence-corrected chi connectivity index (χ0v) is 14.1. The summed E-state index contributed by atoms with van der Waals surface area (Å²) in [6.45, 7) is 2.03. The van der Waals surface area contributed by atoms with Crippen molar-refractivity contribution in [3.63, 3.8) is 0 Å². The molecule has 1 N–H and O–H groups in total. The lowest BCUT2D eigenvalue weighted by Crippen LogP contribution is -1.97. The highest BCUT2D eigenvalue weighted by atomic mass is 16.6. The van der Waals surface area contributed by atoms with Gasteiger partial charge >= 0.3 is 11.4 Å². The van der Waals surface area contributed by atoms with E-state index in [0.29, 0.717) is 12.1 Å². The van der Waals surface area contributed by atoms with Crippen LogP contribution in [0.5, 0.6) is 5.75 Å². The molecule has 0 fully saturated rings. The highest BCUT2D eigenvalue weighted by Gasteiger charge is 2.30. The van der Waals surface area contributed by atoms with Crippen LogP contribution in [0.4, 0.5) is 17.1 Å². The van der Waals surface area contributed by atoms with Gasteiger partial charge < -0.3 is 5.11 Å². The molecule has 140 valence electrons. The maximum atomic E-state index is 10.4. The maximum absolute atomic E-state index is 10.4. The van der Waals surface area contributed by atoms with Crippen molar-refractivity contribution >= 4 is 23.1 Å². The molecule has 2 aromatic rings. The molecular formula is C16H14N4O7. The molecule has 11 heteroatoms. The Hall–Kier alpha value is -3.89. The van der Waals surface area contributed by atoms with E-state index in [1.165, 1.54) is 5.56 Å². The number of nitro benzene ring substituents is 3. The van der Waals surface area contributed by atoms with Crippen LogP contribution in [0.2, 0.25) is 0 Å². The lowest BCUT2D eigenvalue weighted by Gasteiger charge is -2.08. The van der Waals surface area contributed by atoms with E-state index in [1.807, 2.05) is 6.92 Å². The molecule has 3 rings (SSSR count). The Morgan fingerprint density at radius 3 is 2.11 bits per heavy atom. The van der Waals surface area contributed by atoms with Crippen molar-refractivity contribution in [1.29, 1.82) is 0 Å². The predicted molar refractivity (Wildman–Crippen MR) is 94.4 cm³/mol. The summed E-state index contributed by atoms with van der Waals surface area (Å²) in [6.07, 6.45) is 6.62. The third kappa shape index (κ3) is 4.60. The molecule has 11 nitrogen and oxygen atoms in total. The summed E-state index contributed by atoms with van der Waals surface area (Å²) >= 11 is 0. The quantitative estimate of drug-likeness (QED) is 0.630. The number of aromatic nitrogens is 1. The van der Waals surface area contributed by atoms with Crippen LogP contribution in [0, 0.1) is 37.3 Å². The van der Waals surface area contributed by atoms with E-state index in [-0.39, 0.29) is 0 Å². The first kappa shape index (κ1) is 19.4. The molecule has 0 unspecified atom stereocenters. The smallest absolute Gasteiger partial charge is 0.324 e. The Bertz CT molecular complexity index is 921. The van der Waals surface area contributed by atoms with Gasteiger partial charge in [0.15, 0.2) is 0 Å². The fraction of sp³-hybridized carbons (Fsp3) is 0.188. The highest BCUT2D eigenvalue weighted by Crippen LogP contribution is 2.38. The summed E-state index contributed by atoms with van der Waals surface area (Å²) in [4.78, 5) is 32.2. The van der Waals surface area contributed by atoms with Gasteiger partial charge in [-0.25, -0.2) is 0 Å². The lowest BCUT2D eigenvalue weighted by molar-refractivity contribution is -0.404. The van der Waals surface area contributed by atoms with Crippen molar-refractivity contribution in [2.45, 2.75) is 19.8 Å². The van der Waals surface area contributed by atoms with Crippen LogP contribution in [0.1, 0.15) is 23.4 Å². The number of aryl methyl sites for hydroxylation is 2. The van der Waals surface area contributed by atoms with Gasteiger partial charge in [-0.05, 0) is 37.5 Å². The Morgan fingerprint density at radius 1 is 1.00 bits per heavy atom. The fourth-order valence-corrected chi connectivity index (χ4v) is 2.37. The number of pyridine rings is 1. The Labute approximate surface area is 152 Å². The molecular weight excluding hydrogens is 360 g/mol. The minimum atomic E-state index is -1.21. The number of benzene rings is 1. The Morgan fingerprint density at radius 2 is 1.59 bits per heavy atom. The van der Waals surface area contributed by atoms with Gasteiger partial charge in [0.25, 0.3) is 11.4 Å². The van der Waals surface area contributed by atoms with Crippen LogP contribution in [-0.4, -0.2) is 24.9 Å². The molecule has 27 heavy (non-hydrogen) atoms. The standard InChI is InChI=1S/C10H11N.C6H3N3O7/c1-8-6-7-9-4-2-3-5-10(9)11-8;10-6-4(8(13)14)1-3(7(11)12)2-5(6)9(15)16/h3,5-7H,2,4H2,1H3;1-2,10H. The molecule has 0 spiro atoms. The second-order valence-electron chi connectivity index (χ2n) is 5.54. The van der Waals surface area contributed by atoms with Gasteiger partial charge in [0.1, 0.15) is 0 Å². The molecule has 0 radical (unpaired) electrons. The zero-order chi connectivity index (χ0) is 20.1. The third-order valence-electron chi connectivity index (χ3n) is 3.67. The number of rotatable bonds is 3. The second kappa shape index (κ2) is 7.99. The van der Waals surface area contributed by atoms with Crippen molar-refractivity contribution in [2.75, 3.05) is 0 Å². The number of aromatic hydroxyl groups is 1. The topological polar surface area (TPSA) is 163 Å². The number of non-ortho nitro benzene ring substituents is 1. The van der Waals surface area contributed by atoms with Crippen LogP contribution >= 0.6 is 0 Å². The normalized spacial score (nSPS) is 11.7. The SMILES string of the molecule is Cc1ccc2c(n1)C=CCC2.O=[N+]([O-])c1cc([N+](=O)[O-])c(O)c([N+](=O)[O-])c1. The molecule has 0 bridgehead atoms. The molecule has 1 aliphatic carbocycles. The van der Waals surface area contributed by atoms with Crippen LogP contribution in [0.3, 0.4) is 0 Å². The summed E-state index contributed by atoms with van der Waals surface area (Å²) in [5.74, 6) is -1.21. The fourth-order valence-electron chi connectivity index (χ4n) is 2.37. The van der Waals surface area contributed by atoms with Crippen LogP contribution in [0.15, 0.2) is 30.3 Å². The molecule has 0 aliphatic heterocycles. The molecule has 1 heterocycles. The van der Waals surface area contributed by atoms with E-state index in [9.17, 15) is 30.3 Å². The summed E-state index contributed by atoms with van der Waals surface area (Å²) in [5, 5.41) is 40.2. The van der Waals surface area contributed by atoms with Gasteiger partial charge in [-0.2, -0.15) is 0 Å². The molecule has 0 atom stereocenters. The van der Waals surface area contributed by atoms with E-state index in [1.54, 1.807) is 0 Å². The van der Waals surface area contributed by atoms with Crippen molar-refractivity contribution in [2.24, 2.45) is 0 Å². The number of hydrogen-bond acceptors (Lipinski definition) is 8. The van der Waals surface area contributed by atoms with Crippen LogP contribution < -0.4 is 0 Å². The van der Waals surface area contributed by atoms with Gasteiger partial charge in [-0.3, -0.25) is 35.3 Å². The van der Waals surface area contributed by atoms with Crippen molar-refractivity contribution < 1.29 is 19.9 Å². The number of allylic oxidation sites excluding steroid dienone is 1. The van der Waals surface area contributed by atoms with Gasteiger partial charge in [0.05, 0.1) is 32.6 Å². The molecule has 0 saturated heterocycles. The minimum absolute atomic E-state index is 0.447. The molecule has 1 aromatic heterocycles. The van der Waals surface area contributed by atoms with Gasteiger partial charge in [-0.15, -0.1) is 0 Å². The van der Waals surface area contributed by atoms with Crippen molar-refractivity contribution in [3.05, 3.63) is 77.6 Å². The van der Waals surface area contributed by atoms with Crippen molar-refractivity contribution in [3.8, 4) is 5.75 Å². The summed E-state index contributed by atoms with van der Waals surface area (Å²) in [7, 11) is 0. The number of fused-ring (bicyclic) bond motifs is 1. The zero-order valence-electron chi connectivity index (χ0n) is 14.1. The first-order valence-electron chi connectivity index (χ1n) is 7.64. The Balaban J connectivity index is 0.000000206. The summed E-state index contributed by atoms with van der Waals surface area (Å²) in [6, 6.07) is 5.16. The van der Waals surface area contributed by atoms with E-state index in [0.717, 1.165) is 24.2 Å². The first-order chi connectivity index (χ1) is 12.7. The lowest BCUT2D eigenvalue weighted by atomic mass is 10.0. The minimum Gasteiger partial charge on any atom is -0.497 e. The highest BCUT2D eigenvalue weighted by molar-refractivity contribution is 5.64. The maximum Gasteiger partial charge on any atom is 0.324 e. The van der Waals surface area contributed by atoms with Crippen molar-refractivity contribution in [1.82, 2.24) is 4.98 Å². The Kier molecular flexibility index (Phi) is 5.75. The second-order valence-corrected chi connectivity index (χ2v) is 5.54. The average Bonchev–Trinajstić information content (AvgIpc) is 2.61. The number of nitro groups is 3. The van der Waals surface area contributed by atoms with E-state index in [2.05, 4.69) is 29.3 Å². The largest absolute Gasteiger partial charge is 0.497 e. The third-order valence-corrected chi connectivity index (χ3v) is 3.67. The molecule has 0 amide bonds. The first-order valence-corrected chi connectivity index (χ1v) is 7.64. The predicted octanol–water partition coefficient (Wildman–Crippen LogP) is 3.47. The number of hydrogen-bond donors (Lipinski definition) is 1. The molecule has 1 aliphatic rings. The van der Waals surface area contributed by atoms with Crippen LogP contribution in [-0.2, 0) is 6.42 Å². The van der Waals surface area contributed by atoms with Gasteiger partial charge in [-0.1, -0.05) is 12.1 Å². The molecule has 0 saturated carbocycles. The van der Waals surface area contributed by atoms with E-state index in [4.69, 9.17) is 5.11 Å². The number of phenolic OH excluding ortho intramolecular Hbond substituents is 1. The molecule has 1 aromatic carbocycles. The monoisotopic (exact) mass is 374 g/mol. The van der Waals surface area contributed by atoms with Crippen LogP contribution in [0.25, 0.3) is 6.08 Å². The average molecular weight is 374 g/mol. The summed E-state index contributed by atoms with van der Waals surface area (Å²) < 4.78 is 0. The summed E-state index contributed by atoms with van der Waals surface area (Å²) in [5.41, 5.74) is 0.655. The number of phenols is 1. The van der Waals surface area contributed by atoms with Gasteiger partial charge in [0, 0.05) is 5.69 Å².